The predicted octanol–water partition coefficient (Wildman–Crippen LogP) is 4.70. The third kappa shape index (κ3) is 5.72. The molecule has 0 fully saturated rings. The van der Waals surface area contributed by atoms with Gasteiger partial charge in [0.1, 0.15) is 5.75 Å². The summed E-state index contributed by atoms with van der Waals surface area (Å²) in [5.74, 6) is -1.22. The molecule has 2 aromatic carbocycles. The molecule has 0 aliphatic rings. The van der Waals surface area contributed by atoms with Crippen molar-refractivity contribution in [1.82, 2.24) is 0 Å². The molecule has 2 aromatic rings. The Morgan fingerprint density at radius 1 is 1.23 bits per heavy atom. The van der Waals surface area contributed by atoms with E-state index in [0.717, 1.165) is 24.3 Å². The molecule has 10 heteroatoms. The zero-order valence-corrected chi connectivity index (χ0v) is 13.2. The lowest BCUT2D eigenvalue weighted by Gasteiger charge is -2.11. The summed E-state index contributed by atoms with van der Waals surface area (Å²) in [5, 5.41) is 13.8. The second-order valence-corrected chi connectivity index (χ2v) is 5.04. The first-order chi connectivity index (χ1) is 12.3. The minimum atomic E-state index is -4.53. The number of hydrogen-bond acceptors (Lipinski definition) is 5. The van der Waals surface area contributed by atoms with Crippen LogP contribution in [-0.2, 0) is 6.18 Å². The highest BCUT2D eigenvalue weighted by Crippen LogP contribution is 2.33. The molecule has 1 N–H and O–H groups in total. The number of nitro groups is 1. The largest absolute Gasteiger partial charge is 0.454 e. The molecule has 2 rings (SSSR count). The number of alkyl halides is 3. The molecule has 26 heavy (non-hydrogen) atoms. The summed E-state index contributed by atoms with van der Waals surface area (Å²) in [6, 6.07) is 7.75. The van der Waals surface area contributed by atoms with E-state index in [1.54, 1.807) is 0 Å². The monoisotopic (exact) mass is 371 g/mol. The Labute approximate surface area is 145 Å². The van der Waals surface area contributed by atoms with Crippen LogP contribution < -0.4 is 10.2 Å². The molecular weight excluding hydrogens is 358 g/mol. The van der Waals surface area contributed by atoms with E-state index in [0.29, 0.717) is 0 Å². The van der Waals surface area contributed by atoms with Gasteiger partial charge in [0.25, 0.3) is 0 Å². The van der Waals surface area contributed by atoms with Gasteiger partial charge >= 0.3 is 6.18 Å². The fourth-order valence-corrected chi connectivity index (χ4v) is 1.86. The molecule has 0 aliphatic carbocycles. The molecule has 0 saturated carbocycles. The average molecular weight is 371 g/mol. The molecule has 0 heterocycles. The van der Waals surface area contributed by atoms with Crippen molar-refractivity contribution in [3.63, 3.8) is 0 Å². The van der Waals surface area contributed by atoms with Gasteiger partial charge in [-0.05, 0) is 30.3 Å². The van der Waals surface area contributed by atoms with Gasteiger partial charge in [-0.3, -0.25) is 15.5 Å². The van der Waals surface area contributed by atoms with Crippen LogP contribution in [-0.4, -0.2) is 17.7 Å². The molecule has 6 nitrogen and oxygen atoms in total. The number of nitrogens with one attached hydrogen (secondary N) is 1. The molecule has 0 radical (unpaired) electrons. The van der Waals surface area contributed by atoms with E-state index in [1.165, 1.54) is 24.4 Å². The Morgan fingerprint density at radius 2 is 2.00 bits per heavy atom. The number of nitrogens with zero attached hydrogens (tertiary/aromatic N) is 2. The van der Waals surface area contributed by atoms with Crippen molar-refractivity contribution in [1.29, 1.82) is 0 Å². The Bertz CT molecular complexity index is 810. The summed E-state index contributed by atoms with van der Waals surface area (Å²) in [5.41, 5.74) is 1.82. The molecule has 0 unspecified atom stereocenters. The number of halogens is 4. The topological polar surface area (TPSA) is 76.8 Å². The minimum absolute atomic E-state index is 0.110. The van der Waals surface area contributed by atoms with Crippen molar-refractivity contribution >= 4 is 11.9 Å². The first kappa shape index (κ1) is 19.2. The Kier molecular flexibility index (Phi) is 6.10. The number of benzene rings is 2. The van der Waals surface area contributed by atoms with Crippen molar-refractivity contribution < 1.29 is 27.2 Å². The molecular formula is C16H13F4N3O3. The van der Waals surface area contributed by atoms with Gasteiger partial charge < -0.3 is 4.74 Å². The highest BCUT2D eigenvalue weighted by atomic mass is 19.4. The zero-order chi connectivity index (χ0) is 19.2. The summed E-state index contributed by atoms with van der Waals surface area (Å²) < 4.78 is 57.2. The van der Waals surface area contributed by atoms with Gasteiger partial charge in [-0.25, -0.2) is 4.39 Å². The number of hydrazone groups is 1. The summed E-state index contributed by atoms with van der Waals surface area (Å²) in [7, 11) is 0. The normalized spacial score (nSPS) is 11.5. The van der Waals surface area contributed by atoms with E-state index in [9.17, 15) is 27.7 Å². The fraction of sp³-hybridized carbons (Fsp3) is 0.188. The fourth-order valence-electron chi connectivity index (χ4n) is 1.86. The minimum Gasteiger partial charge on any atom is -0.454 e. The van der Waals surface area contributed by atoms with E-state index in [-0.39, 0.29) is 30.2 Å². The van der Waals surface area contributed by atoms with Crippen LogP contribution in [0.25, 0.3) is 0 Å². The number of hydrogen-bond donors (Lipinski definition) is 1. The number of ether oxygens (including phenoxy) is 1. The van der Waals surface area contributed by atoms with Crippen LogP contribution in [0.4, 0.5) is 23.2 Å². The summed E-state index contributed by atoms with van der Waals surface area (Å²) in [6.07, 6.45) is -3.15. The van der Waals surface area contributed by atoms with Crippen molar-refractivity contribution in [3.8, 4) is 11.5 Å². The van der Waals surface area contributed by atoms with Crippen LogP contribution in [0.3, 0.4) is 0 Å². The maximum atomic E-state index is 14.0. The van der Waals surface area contributed by atoms with Crippen molar-refractivity contribution in [2.75, 3.05) is 12.0 Å². The van der Waals surface area contributed by atoms with Crippen LogP contribution in [0, 0.1) is 15.9 Å². The average Bonchev–Trinajstić information content (AvgIpc) is 2.56. The third-order valence-corrected chi connectivity index (χ3v) is 3.05. The van der Waals surface area contributed by atoms with Crippen LogP contribution in [0.1, 0.15) is 12.0 Å². The molecule has 0 saturated heterocycles. The summed E-state index contributed by atoms with van der Waals surface area (Å²) in [4.78, 5) is 9.64. The van der Waals surface area contributed by atoms with Crippen LogP contribution in [0.5, 0.6) is 11.5 Å². The Hall–Kier alpha value is -3.17. The van der Waals surface area contributed by atoms with Gasteiger partial charge in [-0.15, -0.1) is 0 Å². The second-order valence-electron chi connectivity index (χ2n) is 5.04. The van der Waals surface area contributed by atoms with Gasteiger partial charge in [0.2, 0.25) is 6.54 Å². The predicted molar refractivity (Wildman–Crippen MR) is 86.5 cm³/mol. The van der Waals surface area contributed by atoms with Crippen molar-refractivity contribution in [3.05, 3.63) is 64.0 Å². The third-order valence-electron chi connectivity index (χ3n) is 3.05. The molecule has 0 spiro atoms. The molecule has 0 bridgehead atoms. The number of rotatable bonds is 7. The summed E-state index contributed by atoms with van der Waals surface area (Å²) in [6.45, 7) is -0.274. The second kappa shape index (κ2) is 8.28. The molecule has 0 amide bonds. The van der Waals surface area contributed by atoms with E-state index < -0.39 is 22.5 Å². The van der Waals surface area contributed by atoms with Gasteiger partial charge in [0.15, 0.2) is 11.6 Å². The van der Waals surface area contributed by atoms with Gasteiger partial charge in [0.05, 0.1) is 11.3 Å². The Morgan fingerprint density at radius 3 is 2.65 bits per heavy atom. The highest BCUT2D eigenvalue weighted by Gasteiger charge is 2.30. The first-order valence-electron chi connectivity index (χ1n) is 7.30. The zero-order valence-electron chi connectivity index (χ0n) is 13.2. The number of anilines is 1. The molecule has 0 aliphatic heterocycles. The van der Waals surface area contributed by atoms with Gasteiger partial charge in [0, 0.05) is 23.6 Å². The van der Waals surface area contributed by atoms with Crippen LogP contribution in [0.2, 0.25) is 0 Å². The molecule has 138 valence electrons. The highest BCUT2D eigenvalue weighted by molar-refractivity contribution is 5.59. The maximum absolute atomic E-state index is 14.0. The van der Waals surface area contributed by atoms with E-state index in [4.69, 9.17) is 4.74 Å². The molecule has 0 atom stereocenters. The standard InChI is InChI=1S/C16H13F4N3O3/c17-14-10-12(22-21-7-2-8-23(24)25)5-6-15(14)26-13-4-1-3-11(9-13)16(18,19)20/h1,3-7,9-10,22H,2,8H2. The van der Waals surface area contributed by atoms with Gasteiger partial charge in [-0.2, -0.15) is 18.3 Å². The van der Waals surface area contributed by atoms with Gasteiger partial charge in [-0.1, -0.05) is 6.07 Å². The van der Waals surface area contributed by atoms with Crippen LogP contribution in [0.15, 0.2) is 47.6 Å². The summed E-state index contributed by atoms with van der Waals surface area (Å²) >= 11 is 0. The SMILES string of the molecule is O=[N+]([O-])CCC=NNc1ccc(Oc2cccc(C(F)(F)F)c2)c(F)c1. The van der Waals surface area contributed by atoms with Crippen LogP contribution >= 0.6 is 0 Å². The van der Waals surface area contributed by atoms with Crippen molar-refractivity contribution in [2.45, 2.75) is 12.6 Å². The molecule has 0 aromatic heterocycles. The van der Waals surface area contributed by atoms with E-state index in [2.05, 4.69) is 10.5 Å². The lowest BCUT2D eigenvalue weighted by molar-refractivity contribution is -0.477. The first-order valence-corrected chi connectivity index (χ1v) is 7.30. The lowest BCUT2D eigenvalue weighted by Crippen LogP contribution is -2.04. The van der Waals surface area contributed by atoms with E-state index >= 15 is 0 Å². The van der Waals surface area contributed by atoms with E-state index in [1.807, 2.05) is 0 Å². The smallest absolute Gasteiger partial charge is 0.416 e. The Balaban J connectivity index is 2.02. The quantitative estimate of drug-likeness (QED) is 0.331. The lowest BCUT2D eigenvalue weighted by atomic mass is 10.2. The maximum Gasteiger partial charge on any atom is 0.416 e. The van der Waals surface area contributed by atoms with Crippen molar-refractivity contribution in [2.24, 2.45) is 5.10 Å².